The van der Waals surface area contributed by atoms with Gasteiger partial charge in [-0.15, -0.1) is 11.3 Å². The third kappa shape index (κ3) is 3.77. The van der Waals surface area contributed by atoms with Crippen LogP contribution >= 0.6 is 23.1 Å². The van der Waals surface area contributed by atoms with Crippen LogP contribution in [0.1, 0.15) is 28.8 Å². The Hall–Kier alpha value is -2.19. The van der Waals surface area contributed by atoms with Gasteiger partial charge in [-0.3, -0.25) is 19.1 Å². The Bertz CT molecular complexity index is 1040. The van der Waals surface area contributed by atoms with Crippen LogP contribution in [0.2, 0.25) is 0 Å². The van der Waals surface area contributed by atoms with Gasteiger partial charge in [-0.05, 0) is 42.9 Å². The minimum atomic E-state index is -0.0938. The third-order valence-electron chi connectivity index (χ3n) is 4.70. The topological polar surface area (TPSA) is 76.9 Å². The summed E-state index contributed by atoms with van der Waals surface area (Å²) in [7, 11) is 1.73. The van der Waals surface area contributed by atoms with Gasteiger partial charge in [-0.1, -0.05) is 17.8 Å². The average molecular weight is 401 g/mol. The standard InChI is InChI=1S/C19H20N4O2S2/c1-23-18(25)16-13-6-2-3-7-14(13)27-17(16)22-19(23)26-11-15(24)21-10-12-5-4-8-20-9-12/h4-5,8-9H,2-3,6-7,10-11H2,1H3,(H,21,24). The first-order valence-electron chi connectivity index (χ1n) is 8.93. The molecule has 0 aromatic carbocycles. The quantitative estimate of drug-likeness (QED) is 0.526. The predicted octanol–water partition coefficient (Wildman–Crippen LogP) is 2.68. The molecule has 1 aliphatic rings. The lowest BCUT2D eigenvalue weighted by Gasteiger charge is -2.11. The summed E-state index contributed by atoms with van der Waals surface area (Å²) in [5.41, 5.74) is 2.14. The fourth-order valence-electron chi connectivity index (χ4n) is 3.28. The molecular weight excluding hydrogens is 380 g/mol. The number of thiophene rings is 1. The van der Waals surface area contributed by atoms with Crippen LogP contribution in [0, 0.1) is 0 Å². The number of rotatable bonds is 5. The lowest BCUT2D eigenvalue weighted by Crippen LogP contribution is -2.26. The van der Waals surface area contributed by atoms with Gasteiger partial charge in [0.25, 0.3) is 5.56 Å². The molecule has 4 rings (SSSR count). The van der Waals surface area contributed by atoms with Gasteiger partial charge >= 0.3 is 0 Å². The van der Waals surface area contributed by atoms with Crippen molar-refractivity contribution in [2.45, 2.75) is 37.4 Å². The molecule has 0 saturated heterocycles. The van der Waals surface area contributed by atoms with Crippen molar-refractivity contribution < 1.29 is 4.79 Å². The van der Waals surface area contributed by atoms with Crippen LogP contribution in [0.3, 0.4) is 0 Å². The summed E-state index contributed by atoms with van der Waals surface area (Å²) in [6.45, 7) is 0.441. The van der Waals surface area contributed by atoms with Crippen molar-refractivity contribution in [3.8, 4) is 0 Å². The van der Waals surface area contributed by atoms with E-state index in [1.165, 1.54) is 28.6 Å². The number of carbonyl (C=O) groups excluding carboxylic acids is 1. The summed E-state index contributed by atoms with van der Waals surface area (Å²) in [5, 5.41) is 4.23. The number of hydrogen-bond donors (Lipinski definition) is 1. The molecule has 0 aliphatic heterocycles. The summed E-state index contributed by atoms with van der Waals surface area (Å²) in [5.74, 6) is 0.126. The molecule has 6 nitrogen and oxygen atoms in total. The average Bonchev–Trinajstić information content (AvgIpc) is 3.07. The Labute approximate surface area is 165 Å². The van der Waals surface area contributed by atoms with Crippen molar-refractivity contribution in [2.24, 2.45) is 7.05 Å². The Morgan fingerprint density at radius 2 is 2.22 bits per heavy atom. The third-order valence-corrected chi connectivity index (χ3v) is 6.92. The van der Waals surface area contributed by atoms with Crippen LogP contribution in [0.4, 0.5) is 0 Å². The first kappa shape index (κ1) is 18.2. The Morgan fingerprint density at radius 1 is 1.37 bits per heavy atom. The monoisotopic (exact) mass is 400 g/mol. The number of nitrogens with one attached hydrogen (secondary N) is 1. The maximum absolute atomic E-state index is 12.8. The van der Waals surface area contributed by atoms with Crippen LogP contribution in [0.5, 0.6) is 0 Å². The maximum Gasteiger partial charge on any atom is 0.262 e. The Balaban J connectivity index is 1.48. The van der Waals surface area contributed by atoms with Crippen LogP contribution in [0.25, 0.3) is 10.2 Å². The molecule has 0 spiro atoms. The molecule has 140 valence electrons. The van der Waals surface area contributed by atoms with E-state index in [4.69, 9.17) is 0 Å². The van der Waals surface area contributed by atoms with E-state index in [1.807, 2.05) is 12.1 Å². The van der Waals surface area contributed by atoms with Crippen molar-refractivity contribution in [1.29, 1.82) is 0 Å². The van der Waals surface area contributed by atoms with E-state index in [0.717, 1.165) is 35.0 Å². The van der Waals surface area contributed by atoms with Gasteiger partial charge in [0, 0.05) is 30.9 Å². The molecule has 1 N–H and O–H groups in total. The minimum absolute atomic E-state index is 0.00216. The van der Waals surface area contributed by atoms with Crippen molar-refractivity contribution in [3.05, 3.63) is 50.9 Å². The molecule has 3 heterocycles. The van der Waals surface area contributed by atoms with Crippen LogP contribution < -0.4 is 10.9 Å². The van der Waals surface area contributed by atoms with Crippen molar-refractivity contribution in [3.63, 3.8) is 0 Å². The fraction of sp³-hybridized carbons (Fsp3) is 0.368. The molecule has 3 aromatic rings. The van der Waals surface area contributed by atoms with E-state index >= 15 is 0 Å². The lowest BCUT2D eigenvalue weighted by molar-refractivity contribution is -0.118. The number of hydrogen-bond acceptors (Lipinski definition) is 6. The largest absolute Gasteiger partial charge is 0.351 e. The molecule has 0 saturated carbocycles. The molecule has 1 aliphatic carbocycles. The smallest absolute Gasteiger partial charge is 0.262 e. The predicted molar refractivity (Wildman–Crippen MR) is 108 cm³/mol. The summed E-state index contributed by atoms with van der Waals surface area (Å²) in [6, 6.07) is 3.75. The number of carbonyl (C=O) groups is 1. The van der Waals surface area contributed by atoms with Crippen molar-refractivity contribution in [1.82, 2.24) is 19.9 Å². The van der Waals surface area contributed by atoms with E-state index in [2.05, 4.69) is 15.3 Å². The highest BCUT2D eigenvalue weighted by atomic mass is 32.2. The minimum Gasteiger partial charge on any atom is -0.351 e. The molecular formula is C19H20N4O2S2. The normalized spacial score (nSPS) is 13.5. The van der Waals surface area contributed by atoms with Gasteiger partial charge in [0.2, 0.25) is 5.91 Å². The number of nitrogens with zero attached hydrogens (tertiary/aromatic N) is 3. The lowest BCUT2D eigenvalue weighted by atomic mass is 9.97. The molecule has 3 aromatic heterocycles. The zero-order chi connectivity index (χ0) is 18.8. The van der Waals surface area contributed by atoms with E-state index in [0.29, 0.717) is 11.7 Å². The second kappa shape index (κ2) is 7.82. The Morgan fingerprint density at radius 3 is 3.04 bits per heavy atom. The van der Waals surface area contributed by atoms with E-state index in [1.54, 1.807) is 35.3 Å². The summed E-state index contributed by atoms with van der Waals surface area (Å²) in [6.07, 6.45) is 7.75. The number of aryl methyl sites for hydroxylation is 2. The van der Waals surface area contributed by atoms with Gasteiger partial charge in [-0.2, -0.15) is 0 Å². The summed E-state index contributed by atoms with van der Waals surface area (Å²) >= 11 is 2.93. The Kier molecular flexibility index (Phi) is 5.27. The van der Waals surface area contributed by atoms with Gasteiger partial charge in [0.05, 0.1) is 11.1 Å². The summed E-state index contributed by atoms with van der Waals surface area (Å²) in [4.78, 5) is 35.8. The van der Waals surface area contributed by atoms with E-state index in [-0.39, 0.29) is 17.2 Å². The molecule has 1 amide bonds. The zero-order valence-corrected chi connectivity index (χ0v) is 16.7. The molecule has 0 bridgehead atoms. The number of fused-ring (bicyclic) bond motifs is 3. The fourth-order valence-corrected chi connectivity index (χ4v) is 5.39. The molecule has 0 radical (unpaired) electrons. The second-order valence-corrected chi connectivity index (χ2v) is 8.60. The van der Waals surface area contributed by atoms with Crippen molar-refractivity contribution in [2.75, 3.05) is 5.75 Å². The van der Waals surface area contributed by atoms with Gasteiger partial charge in [0.1, 0.15) is 4.83 Å². The van der Waals surface area contributed by atoms with Gasteiger partial charge in [-0.25, -0.2) is 4.98 Å². The first-order valence-corrected chi connectivity index (χ1v) is 10.7. The highest BCUT2D eigenvalue weighted by Crippen LogP contribution is 2.34. The van der Waals surface area contributed by atoms with Gasteiger partial charge in [0.15, 0.2) is 5.16 Å². The molecule has 8 heteroatoms. The number of aromatic nitrogens is 3. The maximum atomic E-state index is 12.8. The van der Waals surface area contributed by atoms with Crippen LogP contribution in [-0.2, 0) is 31.2 Å². The molecule has 0 unspecified atom stereocenters. The summed E-state index contributed by atoms with van der Waals surface area (Å²) < 4.78 is 1.57. The number of pyridine rings is 1. The molecule has 0 atom stereocenters. The molecule has 0 fully saturated rings. The highest BCUT2D eigenvalue weighted by molar-refractivity contribution is 7.99. The molecule has 27 heavy (non-hydrogen) atoms. The SMILES string of the molecule is Cn1c(SCC(=O)NCc2cccnc2)nc2sc3c(c2c1=O)CCCC3. The van der Waals surface area contributed by atoms with Gasteiger partial charge < -0.3 is 5.32 Å². The van der Waals surface area contributed by atoms with E-state index in [9.17, 15) is 9.59 Å². The number of thioether (sulfide) groups is 1. The van der Waals surface area contributed by atoms with Crippen molar-refractivity contribution >= 4 is 39.2 Å². The van der Waals surface area contributed by atoms with Crippen LogP contribution in [0.15, 0.2) is 34.5 Å². The van der Waals surface area contributed by atoms with Crippen LogP contribution in [-0.4, -0.2) is 26.2 Å². The number of amides is 1. The highest BCUT2D eigenvalue weighted by Gasteiger charge is 2.21. The van der Waals surface area contributed by atoms with E-state index < -0.39 is 0 Å². The zero-order valence-electron chi connectivity index (χ0n) is 15.0. The first-order chi connectivity index (χ1) is 13.1. The second-order valence-electron chi connectivity index (χ2n) is 6.58.